The van der Waals surface area contributed by atoms with Crippen LogP contribution in [-0.2, 0) is 18.6 Å². The second-order valence-corrected chi connectivity index (χ2v) is 7.24. The molecule has 6 heteroatoms. The number of β-amino-alcohol motifs (C(OH)–C–C–N with tert-alkyl or cyclic N) is 1. The van der Waals surface area contributed by atoms with Gasteiger partial charge in [-0.05, 0) is 25.3 Å². The van der Waals surface area contributed by atoms with Gasteiger partial charge in [-0.2, -0.15) is 0 Å². The first-order valence-corrected chi connectivity index (χ1v) is 8.58. The van der Waals surface area contributed by atoms with Crippen molar-refractivity contribution < 1.29 is 5.11 Å². The van der Waals surface area contributed by atoms with E-state index in [0.29, 0.717) is 13.1 Å². The van der Waals surface area contributed by atoms with Crippen LogP contribution in [0.3, 0.4) is 0 Å². The van der Waals surface area contributed by atoms with E-state index >= 15 is 0 Å². The fraction of sp³-hybridized carbons (Fsp3) is 0.556. The summed E-state index contributed by atoms with van der Waals surface area (Å²) < 4.78 is 1.72. The molecule has 2 unspecified atom stereocenters. The summed E-state index contributed by atoms with van der Waals surface area (Å²) in [6.45, 7) is 6.83. The second kappa shape index (κ2) is 6.63. The first kappa shape index (κ1) is 17.1. The molecule has 3 N–H and O–H groups in total. The normalized spacial score (nSPS) is 24.2. The quantitative estimate of drug-likeness (QED) is 0.839. The van der Waals surface area contributed by atoms with Crippen LogP contribution in [0.15, 0.2) is 36.5 Å². The molecule has 0 spiro atoms. The number of nitrogens with zero attached hydrogens (tertiary/aromatic N) is 4. The zero-order valence-electron chi connectivity index (χ0n) is 14.5. The van der Waals surface area contributed by atoms with Gasteiger partial charge in [0, 0.05) is 19.6 Å². The molecular formula is C18H27N5O. The van der Waals surface area contributed by atoms with Crippen molar-refractivity contribution in [3.63, 3.8) is 0 Å². The van der Waals surface area contributed by atoms with Crippen molar-refractivity contribution in [1.29, 1.82) is 0 Å². The Morgan fingerprint density at radius 3 is 2.79 bits per heavy atom. The van der Waals surface area contributed by atoms with Gasteiger partial charge < -0.3 is 10.8 Å². The SMILES string of the molecule is CCC(C)(N)c1cn(CC2(O)CCN(Cc3ccccc3)C2)nn1. The molecule has 2 aromatic rings. The Balaban J connectivity index is 1.61. The summed E-state index contributed by atoms with van der Waals surface area (Å²) in [5, 5.41) is 19.2. The second-order valence-electron chi connectivity index (χ2n) is 7.24. The van der Waals surface area contributed by atoms with Crippen LogP contribution >= 0.6 is 0 Å². The Labute approximate surface area is 143 Å². The Morgan fingerprint density at radius 2 is 2.08 bits per heavy atom. The predicted octanol–water partition coefficient (Wildman–Crippen LogP) is 1.50. The van der Waals surface area contributed by atoms with Crippen molar-refractivity contribution in [3.8, 4) is 0 Å². The molecule has 0 radical (unpaired) electrons. The Morgan fingerprint density at radius 1 is 1.33 bits per heavy atom. The van der Waals surface area contributed by atoms with Gasteiger partial charge in [0.2, 0.25) is 0 Å². The fourth-order valence-corrected chi connectivity index (χ4v) is 3.17. The first-order valence-electron chi connectivity index (χ1n) is 8.58. The monoisotopic (exact) mass is 329 g/mol. The maximum atomic E-state index is 10.9. The third-order valence-corrected chi connectivity index (χ3v) is 4.97. The van der Waals surface area contributed by atoms with Crippen molar-refractivity contribution >= 4 is 0 Å². The van der Waals surface area contributed by atoms with Gasteiger partial charge in [0.1, 0.15) is 5.69 Å². The van der Waals surface area contributed by atoms with E-state index in [-0.39, 0.29) is 0 Å². The number of hydrogen-bond acceptors (Lipinski definition) is 5. The van der Waals surface area contributed by atoms with Gasteiger partial charge in [0.05, 0.1) is 23.9 Å². The molecule has 1 aliphatic heterocycles. The maximum Gasteiger partial charge on any atom is 0.102 e. The molecule has 3 rings (SSSR count). The number of hydrogen-bond donors (Lipinski definition) is 2. The zero-order chi connectivity index (χ0) is 17.2. The number of likely N-dealkylation sites (tertiary alicyclic amines) is 1. The lowest BCUT2D eigenvalue weighted by molar-refractivity contribution is 0.0274. The van der Waals surface area contributed by atoms with Gasteiger partial charge in [-0.25, -0.2) is 4.68 Å². The summed E-state index contributed by atoms with van der Waals surface area (Å²) in [6.07, 6.45) is 3.39. The van der Waals surface area contributed by atoms with E-state index < -0.39 is 11.1 Å². The van der Waals surface area contributed by atoms with Crippen LogP contribution in [-0.4, -0.2) is 43.7 Å². The Hall–Kier alpha value is -1.76. The van der Waals surface area contributed by atoms with Crippen molar-refractivity contribution in [2.75, 3.05) is 13.1 Å². The highest BCUT2D eigenvalue weighted by molar-refractivity contribution is 5.15. The third-order valence-electron chi connectivity index (χ3n) is 4.97. The van der Waals surface area contributed by atoms with Gasteiger partial charge in [-0.15, -0.1) is 5.10 Å². The molecule has 2 heterocycles. The molecule has 1 aliphatic rings. The Kier molecular flexibility index (Phi) is 4.71. The highest BCUT2D eigenvalue weighted by atomic mass is 16.3. The molecule has 130 valence electrons. The standard InChI is InChI=1S/C18H27N5O/c1-3-17(2,19)16-12-23(21-20-16)14-18(24)9-10-22(13-18)11-15-7-5-4-6-8-15/h4-8,12,24H,3,9-11,13-14,19H2,1-2H3. The molecule has 1 fully saturated rings. The van der Waals surface area contributed by atoms with Gasteiger partial charge in [0.25, 0.3) is 0 Å². The summed E-state index contributed by atoms with van der Waals surface area (Å²) >= 11 is 0. The van der Waals surface area contributed by atoms with Crippen LogP contribution in [0.4, 0.5) is 0 Å². The van der Waals surface area contributed by atoms with Crippen molar-refractivity contribution in [2.24, 2.45) is 5.73 Å². The lowest BCUT2D eigenvalue weighted by atomic mass is 9.97. The van der Waals surface area contributed by atoms with E-state index in [2.05, 4.69) is 27.3 Å². The van der Waals surface area contributed by atoms with Crippen LogP contribution in [0.5, 0.6) is 0 Å². The van der Waals surface area contributed by atoms with Gasteiger partial charge in [-0.1, -0.05) is 42.5 Å². The van der Waals surface area contributed by atoms with E-state index in [0.717, 1.165) is 31.6 Å². The summed E-state index contributed by atoms with van der Waals surface area (Å²) in [7, 11) is 0. The molecule has 1 aromatic heterocycles. The maximum absolute atomic E-state index is 10.9. The van der Waals surface area contributed by atoms with Crippen molar-refractivity contribution in [2.45, 2.75) is 50.9 Å². The lowest BCUT2D eigenvalue weighted by Crippen LogP contribution is -2.37. The minimum absolute atomic E-state index is 0.449. The minimum atomic E-state index is -0.767. The van der Waals surface area contributed by atoms with Crippen molar-refractivity contribution in [1.82, 2.24) is 19.9 Å². The molecule has 1 aromatic carbocycles. The molecular weight excluding hydrogens is 302 g/mol. The highest BCUT2D eigenvalue weighted by Gasteiger charge is 2.37. The number of aromatic nitrogens is 3. The molecule has 0 saturated carbocycles. The highest BCUT2D eigenvalue weighted by Crippen LogP contribution is 2.25. The summed E-state index contributed by atoms with van der Waals surface area (Å²) in [6, 6.07) is 10.4. The summed E-state index contributed by atoms with van der Waals surface area (Å²) in [5.74, 6) is 0. The largest absolute Gasteiger partial charge is 0.387 e. The molecule has 24 heavy (non-hydrogen) atoms. The minimum Gasteiger partial charge on any atom is -0.387 e. The molecule has 2 atom stereocenters. The summed E-state index contributed by atoms with van der Waals surface area (Å²) in [4.78, 5) is 2.28. The Bertz CT molecular complexity index is 669. The van der Waals surface area contributed by atoms with Gasteiger partial charge in [-0.3, -0.25) is 4.90 Å². The van der Waals surface area contributed by atoms with E-state index in [1.54, 1.807) is 4.68 Å². The van der Waals surface area contributed by atoms with Crippen LogP contribution in [0.2, 0.25) is 0 Å². The van der Waals surface area contributed by atoms with E-state index in [9.17, 15) is 5.11 Å². The van der Waals surface area contributed by atoms with Crippen molar-refractivity contribution in [3.05, 3.63) is 47.8 Å². The third kappa shape index (κ3) is 3.83. The lowest BCUT2D eigenvalue weighted by Gasteiger charge is -2.23. The predicted molar refractivity (Wildman–Crippen MR) is 93.1 cm³/mol. The average Bonchev–Trinajstić information content (AvgIpc) is 3.16. The smallest absolute Gasteiger partial charge is 0.102 e. The first-order chi connectivity index (χ1) is 11.4. The number of rotatable bonds is 6. The van der Waals surface area contributed by atoms with Crippen LogP contribution in [0, 0.1) is 0 Å². The molecule has 0 aliphatic carbocycles. The fourth-order valence-electron chi connectivity index (χ4n) is 3.17. The zero-order valence-corrected chi connectivity index (χ0v) is 14.5. The van der Waals surface area contributed by atoms with Crippen LogP contribution < -0.4 is 5.73 Å². The van der Waals surface area contributed by atoms with E-state index in [4.69, 9.17) is 5.73 Å². The van der Waals surface area contributed by atoms with Gasteiger partial charge in [0.15, 0.2) is 0 Å². The molecule has 0 bridgehead atoms. The van der Waals surface area contributed by atoms with Crippen LogP contribution in [0.25, 0.3) is 0 Å². The van der Waals surface area contributed by atoms with E-state index in [1.165, 1.54) is 5.56 Å². The van der Waals surface area contributed by atoms with Gasteiger partial charge >= 0.3 is 0 Å². The number of aliphatic hydroxyl groups is 1. The molecule has 1 saturated heterocycles. The molecule has 0 amide bonds. The topological polar surface area (TPSA) is 80.2 Å². The van der Waals surface area contributed by atoms with E-state index in [1.807, 2.05) is 38.2 Å². The number of benzene rings is 1. The summed E-state index contributed by atoms with van der Waals surface area (Å²) in [5.41, 5.74) is 7.01. The van der Waals surface area contributed by atoms with Crippen LogP contribution in [0.1, 0.15) is 37.9 Å². The molecule has 6 nitrogen and oxygen atoms in total. The number of nitrogens with two attached hydrogens (primary N) is 1. The average molecular weight is 329 g/mol.